The number of nitrogens with zero attached hydrogens (tertiary/aromatic N) is 2. The number of rotatable bonds is 3. The van der Waals surface area contributed by atoms with E-state index in [-0.39, 0.29) is 0 Å². The summed E-state index contributed by atoms with van der Waals surface area (Å²) in [5, 5.41) is 12.9. The Hall–Kier alpha value is -0.120. The molecule has 0 aliphatic carbocycles. The molecule has 1 radical (unpaired) electrons. The van der Waals surface area contributed by atoms with Crippen molar-refractivity contribution in [3.63, 3.8) is 0 Å². The summed E-state index contributed by atoms with van der Waals surface area (Å²) in [5.41, 5.74) is 0. The number of hydrogen-bond donors (Lipinski definition) is 1. The highest BCUT2D eigenvalue weighted by molar-refractivity contribution is 4.75. The molecule has 1 aliphatic rings. The molecule has 1 N–H and O–H groups in total. The van der Waals surface area contributed by atoms with Gasteiger partial charge < -0.3 is 5.11 Å². The van der Waals surface area contributed by atoms with Gasteiger partial charge in [-0.2, -0.15) is 0 Å². The minimum atomic E-state index is 0.306. The summed E-state index contributed by atoms with van der Waals surface area (Å²) < 4.78 is 0. The van der Waals surface area contributed by atoms with E-state index in [4.69, 9.17) is 5.11 Å². The van der Waals surface area contributed by atoms with Crippen molar-refractivity contribution in [3.05, 3.63) is 0 Å². The molecule has 1 unspecified atom stereocenters. The summed E-state index contributed by atoms with van der Waals surface area (Å²) in [5.74, 6) is 0. The molecule has 1 heterocycles. The maximum atomic E-state index is 8.63. The van der Waals surface area contributed by atoms with E-state index in [1.807, 2.05) is 0 Å². The first-order valence-electron chi connectivity index (χ1n) is 4.32. The van der Waals surface area contributed by atoms with Gasteiger partial charge in [-0.3, -0.25) is 4.90 Å². The minimum absolute atomic E-state index is 0.306. The van der Waals surface area contributed by atoms with Crippen LogP contribution in [-0.4, -0.2) is 48.8 Å². The predicted octanol–water partition coefficient (Wildman–Crippen LogP) is -0.323. The SMILES string of the molecule is CC1C[N]CCN1CCCO. The third-order valence-electron chi connectivity index (χ3n) is 2.17. The average molecular weight is 157 g/mol. The van der Waals surface area contributed by atoms with E-state index in [9.17, 15) is 0 Å². The van der Waals surface area contributed by atoms with Crippen molar-refractivity contribution in [2.24, 2.45) is 0 Å². The topological polar surface area (TPSA) is 37.6 Å². The van der Waals surface area contributed by atoms with Crippen LogP contribution >= 0.6 is 0 Å². The van der Waals surface area contributed by atoms with Gasteiger partial charge in [0.2, 0.25) is 0 Å². The van der Waals surface area contributed by atoms with Crippen LogP contribution in [-0.2, 0) is 0 Å². The summed E-state index contributed by atoms with van der Waals surface area (Å²) in [4.78, 5) is 2.39. The van der Waals surface area contributed by atoms with Gasteiger partial charge in [0.25, 0.3) is 0 Å². The van der Waals surface area contributed by atoms with E-state index in [0.717, 1.165) is 32.6 Å². The van der Waals surface area contributed by atoms with Crippen LogP contribution in [0.1, 0.15) is 13.3 Å². The summed E-state index contributed by atoms with van der Waals surface area (Å²) >= 11 is 0. The van der Waals surface area contributed by atoms with Crippen molar-refractivity contribution in [2.75, 3.05) is 32.8 Å². The zero-order valence-corrected chi connectivity index (χ0v) is 7.16. The lowest BCUT2D eigenvalue weighted by Gasteiger charge is -2.32. The molecule has 65 valence electrons. The van der Waals surface area contributed by atoms with Crippen LogP contribution in [0, 0.1) is 0 Å². The molecule has 0 aromatic heterocycles. The van der Waals surface area contributed by atoms with Gasteiger partial charge in [-0.15, -0.1) is 0 Å². The summed E-state index contributed by atoms with van der Waals surface area (Å²) in [7, 11) is 0. The van der Waals surface area contributed by atoms with Crippen molar-refractivity contribution in [3.8, 4) is 0 Å². The lowest BCUT2D eigenvalue weighted by Crippen LogP contribution is -2.47. The molecule has 1 rings (SSSR count). The third-order valence-corrected chi connectivity index (χ3v) is 2.17. The molecule has 0 aromatic carbocycles. The van der Waals surface area contributed by atoms with Crippen LogP contribution in [0.4, 0.5) is 0 Å². The smallest absolute Gasteiger partial charge is 0.0443 e. The number of piperazine rings is 1. The van der Waals surface area contributed by atoms with Crippen molar-refractivity contribution in [1.82, 2.24) is 10.2 Å². The molecule has 1 atom stereocenters. The van der Waals surface area contributed by atoms with Gasteiger partial charge in [0.05, 0.1) is 0 Å². The second-order valence-corrected chi connectivity index (χ2v) is 3.09. The Morgan fingerprint density at radius 1 is 1.64 bits per heavy atom. The van der Waals surface area contributed by atoms with Crippen molar-refractivity contribution < 1.29 is 5.11 Å². The molecule has 3 heteroatoms. The Balaban J connectivity index is 2.18. The zero-order valence-electron chi connectivity index (χ0n) is 7.16. The van der Waals surface area contributed by atoms with Crippen LogP contribution in [0.5, 0.6) is 0 Å². The van der Waals surface area contributed by atoms with Gasteiger partial charge in [0, 0.05) is 38.8 Å². The molecule has 0 spiro atoms. The van der Waals surface area contributed by atoms with E-state index < -0.39 is 0 Å². The molecule has 0 saturated carbocycles. The Labute approximate surface area is 68.4 Å². The molecular weight excluding hydrogens is 140 g/mol. The van der Waals surface area contributed by atoms with E-state index in [2.05, 4.69) is 17.1 Å². The second-order valence-electron chi connectivity index (χ2n) is 3.09. The van der Waals surface area contributed by atoms with Gasteiger partial charge in [0.1, 0.15) is 0 Å². The standard InChI is InChI=1S/C8H17N2O/c1-8-7-9-3-5-10(8)4-2-6-11/h8,11H,2-7H2,1H3. The molecule has 0 amide bonds. The fourth-order valence-corrected chi connectivity index (χ4v) is 1.42. The van der Waals surface area contributed by atoms with Gasteiger partial charge in [0.15, 0.2) is 0 Å². The molecule has 1 saturated heterocycles. The normalized spacial score (nSPS) is 27.3. The first-order valence-corrected chi connectivity index (χ1v) is 4.32. The Morgan fingerprint density at radius 3 is 3.09 bits per heavy atom. The van der Waals surface area contributed by atoms with Gasteiger partial charge in [-0.05, 0) is 13.3 Å². The molecule has 0 aromatic rings. The predicted molar refractivity (Wildman–Crippen MR) is 44.6 cm³/mol. The molecule has 3 nitrogen and oxygen atoms in total. The summed E-state index contributed by atoms with van der Waals surface area (Å²) in [6.45, 7) is 6.52. The van der Waals surface area contributed by atoms with Crippen LogP contribution in [0.15, 0.2) is 0 Å². The fraction of sp³-hybridized carbons (Fsp3) is 1.00. The van der Waals surface area contributed by atoms with Gasteiger partial charge >= 0.3 is 0 Å². The maximum absolute atomic E-state index is 8.63. The minimum Gasteiger partial charge on any atom is -0.396 e. The van der Waals surface area contributed by atoms with Crippen LogP contribution in [0.2, 0.25) is 0 Å². The monoisotopic (exact) mass is 157 g/mol. The Morgan fingerprint density at radius 2 is 2.45 bits per heavy atom. The Bertz CT molecular complexity index is 108. The highest BCUT2D eigenvalue weighted by atomic mass is 16.3. The first-order chi connectivity index (χ1) is 5.34. The van der Waals surface area contributed by atoms with Crippen molar-refractivity contribution in [2.45, 2.75) is 19.4 Å². The summed E-state index contributed by atoms with van der Waals surface area (Å²) in [6.07, 6.45) is 0.893. The van der Waals surface area contributed by atoms with Crippen LogP contribution in [0.3, 0.4) is 0 Å². The lowest BCUT2D eigenvalue weighted by molar-refractivity contribution is 0.155. The molecule has 1 fully saturated rings. The second kappa shape index (κ2) is 4.70. The van der Waals surface area contributed by atoms with E-state index in [1.165, 1.54) is 0 Å². The largest absolute Gasteiger partial charge is 0.396 e. The van der Waals surface area contributed by atoms with E-state index in [0.29, 0.717) is 12.6 Å². The average Bonchev–Trinajstić information content (AvgIpc) is 2.03. The molecule has 0 bridgehead atoms. The van der Waals surface area contributed by atoms with E-state index in [1.54, 1.807) is 0 Å². The number of hydrogen-bond acceptors (Lipinski definition) is 2. The third kappa shape index (κ3) is 2.77. The lowest BCUT2D eigenvalue weighted by atomic mass is 10.2. The summed E-state index contributed by atoms with van der Waals surface area (Å²) in [6, 6.07) is 0.579. The molecular formula is C8H17N2O. The van der Waals surface area contributed by atoms with Crippen LogP contribution in [0.25, 0.3) is 0 Å². The first kappa shape index (κ1) is 8.97. The number of aliphatic hydroxyl groups is 1. The zero-order chi connectivity index (χ0) is 8.10. The van der Waals surface area contributed by atoms with Gasteiger partial charge in [-0.1, -0.05) is 0 Å². The van der Waals surface area contributed by atoms with Crippen molar-refractivity contribution >= 4 is 0 Å². The highest BCUT2D eigenvalue weighted by Gasteiger charge is 2.17. The van der Waals surface area contributed by atoms with Crippen LogP contribution < -0.4 is 5.32 Å². The maximum Gasteiger partial charge on any atom is 0.0443 e. The molecule has 11 heavy (non-hydrogen) atoms. The Kier molecular flexibility index (Phi) is 3.83. The van der Waals surface area contributed by atoms with Crippen molar-refractivity contribution in [1.29, 1.82) is 0 Å². The highest BCUT2D eigenvalue weighted by Crippen LogP contribution is 2.03. The quantitative estimate of drug-likeness (QED) is 0.609. The fourth-order valence-electron chi connectivity index (χ4n) is 1.42. The molecule has 1 aliphatic heterocycles. The van der Waals surface area contributed by atoms with E-state index >= 15 is 0 Å². The van der Waals surface area contributed by atoms with Gasteiger partial charge in [-0.25, -0.2) is 5.32 Å². The number of aliphatic hydroxyl groups excluding tert-OH is 1.